The Morgan fingerprint density at radius 3 is 2.58 bits per heavy atom. The molecule has 0 aromatic carbocycles. The number of nitrogens with zero attached hydrogens (tertiary/aromatic N) is 1. The maximum Gasteiger partial charge on any atom is 0.242 e. The van der Waals surface area contributed by atoms with E-state index < -0.39 is 6.04 Å². The van der Waals surface area contributed by atoms with Crippen LogP contribution < -0.4 is 10.6 Å². The van der Waals surface area contributed by atoms with Gasteiger partial charge in [0, 0.05) is 31.4 Å². The van der Waals surface area contributed by atoms with Crippen molar-refractivity contribution < 1.29 is 14.3 Å². The Kier molecular flexibility index (Phi) is 7.20. The predicted octanol–water partition coefficient (Wildman–Crippen LogP) is 1.40. The Hall–Kier alpha value is -1.44. The minimum atomic E-state index is -0.504. The third-order valence-electron chi connectivity index (χ3n) is 4.14. The summed E-state index contributed by atoms with van der Waals surface area (Å²) in [6.07, 6.45) is 0. The fourth-order valence-electron chi connectivity index (χ4n) is 2.84. The summed E-state index contributed by atoms with van der Waals surface area (Å²) < 4.78 is 5.43. The summed E-state index contributed by atoms with van der Waals surface area (Å²) in [5, 5.41) is 7.82. The highest BCUT2D eigenvalue weighted by molar-refractivity contribution is 7.10. The predicted molar refractivity (Wildman–Crippen MR) is 94.9 cm³/mol. The van der Waals surface area contributed by atoms with Crippen molar-refractivity contribution in [1.29, 1.82) is 0 Å². The van der Waals surface area contributed by atoms with Gasteiger partial charge < -0.3 is 15.4 Å². The molecule has 2 heterocycles. The summed E-state index contributed by atoms with van der Waals surface area (Å²) in [5.41, 5.74) is 0. The van der Waals surface area contributed by atoms with Gasteiger partial charge in [0.25, 0.3) is 0 Å². The van der Waals surface area contributed by atoms with E-state index in [1.807, 2.05) is 19.9 Å². The molecular weight excluding hydrogens is 326 g/mol. The lowest BCUT2D eigenvalue weighted by molar-refractivity contribution is -0.129. The smallest absolute Gasteiger partial charge is 0.242 e. The monoisotopic (exact) mass is 353 g/mol. The summed E-state index contributed by atoms with van der Waals surface area (Å²) >= 11 is 1.70. The molecule has 2 N–H and O–H groups in total. The van der Waals surface area contributed by atoms with Crippen LogP contribution in [0.1, 0.15) is 31.7 Å². The number of morpholine rings is 1. The number of amides is 2. The van der Waals surface area contributed by atoms with Crippen LogP contribution in [0, 0.1) is 5.92 Å². The second kappa shape index (κ2) is 9.15. The summed E-state index contributed by atoms with van der Waals surface area (Å²) in [6, 6.07) is 3.77. The van der Waals surface area contributed by atoms with Gasteiger partial charge in [-0.25, -0.2) is 0 Å². The Labute approximate surface area is 147 Å². The average Bonchev–Trinajstić information content (AvgIpc) is 3.07. The number of ether oxygens (including phenoxy) is 1. The van der Waals surface area contributed by atoms with E-state index in [2.05, 4.69) is 27.0 Å². The standard InChI is InChI=1S/C17H27N3O3S/c1-12(2)16(19-13(3)21)17(22)18-11-14(15-5-4-10-24-15)20-6-8-23-9-7-20/h4-5,10,12,14,16H,6-9,11H2,1-3H3,(H,18,22)(H,19,21). The van der Waals surface area contributed by atoms with E-state index in [0.29, 0.717) is 6.54 Å². The molecule has 1 saturated heterocycles. The molecule has 6 nitrogen and oxygen atoms in total. The van der Waals surface area contributed by atoms with Crippen molar-refractivity contribution in [2.45, 2.75) is 32.9 Å². The molecule has 0 saturated carbocycles. The van der Waals surface area contributed by atoms with Crippen molar-refractivity contribution in [2.24, 2.45) is 5.92 Å². The van der Waals surface area contributed by atoms with Crippen LogP contribution in [0.5, 0.6) is 0 Å². The van der Waals surface area contributed by atoms with E-state index in [1.165, 1.54) is 11.8 Å². The second-order valence-corrected chi connectivity index (χ2v) is 7.33. The lowest BCUT2D eigenvalue weighted by atomic mass is 10.0. The van der Waals surface area contributed by atoms with E-state index >= 15 is 0 Å². The summed E-state index contributed by atoms with van der Waals surface area (Å²) in [6.45, 7) is 8.98. The minimum Gasteiger partial charge on any atom is -0.379 e. The van der Waals surface area contributed by atoms with Crippen LogP contribution in [0.2, 0.25) is 0 Å². The van der Waals surface area contributed by atoms with E-state index in [1.54, 1.807) is 11.3 Å². The quantitative estimate of drug-likeness (QED) is 0.777. The highest BCUT2D eigenvalue weighted by Crippen LogP contribution is 2.25. The largest absolute Gasteiger partial charge is 0.379 e. The molecule has 134 valence electrons. The molecule has 0 bridgehead atoms. The molecule has 2 atom stereocenters. The third-order valence-corrected chi connectivity index (χ3v) is 5.11. The van der Waals surface area contributed by atoms with Crippen molar-refractivity contribution in [3.63, 3.8) is 0 Å². The normalized spacial score (nSPS) is 18.2. The van der Waals surface area contributed by atoms with Gasteiger partial charge in [0.15, 0.2) is 0 Å². The average molecular weight is 353 g/mol. The van der Waals surface area contributed by atoms with Crippen molar-refractivity contribution in [3.05, 3.63) is 22.4 Å². The number of carbonyl (C=O) groups excluding carboxylic acids is 2. The summed E-state index contributed by atoms with van der Waals surface area (Å²) in [5.74, 6) is -0.278. The van der Waals surface area contributed by atoms with Gasteiger partial charge in [-0.1, -0.05) is 19.9 Å². The van der Waals surface area contributed by atoms with E-state index in [-0.39, 0.29) is 23.8 Å². The van der Waals surface area contributed by atoms with Crippen LogP contribution in [0.3, 0.4) is 0 Å². The topological polar surface area (TPSA) is 70.7 Å². The van der Waals surface area contributed by atoms with Crippen LogP contribution >= 0.6 is 11.3 Å². The van der Waals surface area contributed by atoms with Crippen LogP contribution in [0.15, 0.2) is 17.5 Å². The minimum absolute atomic E-state index is 0.0393. The Bertz CT molecular complexity index is 527. The van der Waals surface area contributed by atoms with Gasteiger partial charge in [0.05, 0.1) is 19.3 Å². The molecule has 0 aliphatic carbocycles. The van der Waals surface area contributed by atoms with Gasteiger partial charge in [-0.3, -0.25) is 14.5 Å². The van der Waals surface area contributed by atoms with Gasteiger partial charge in [-0.15, -0.1) is 11.3 Å². The molecule has 1 aliphatic heterocycles. The van der Waals surface area contributed by atoms with Gasteiger partial charge in [0.2, 0.25) is 11.8 Å². The molecule has 0 spiro atoms. The molecule has 0 radical (unpaired) electrons. The van der Waals surface area contributed by atoms with Gasteiger partial charge in [-0.05, 0) is 17.4 Å². The molecule has 1 aliphatic rings. The maximum absolute atomic E-state index is 12.5. The molecule has 1 aromatic heterocycles. The zero-order valence-electron chi connectivity index (χ0n) is 14.6. The van der Waals surface area contributed by atoms with Crippen molar-refractivity contribution in [3.8, 4) is 0 Å². The number of carbonyl (C=O) groups is 2. The van der Waals surface area contributed by atoms with Crippen LogP contribution in [-0.4, -0.2) is 55.6 Å². The van der Waals surface area contributed by atoms with Crippen LogP contribution in [0.25, 0.3) is 0 Å². The Morgan fingerprint density at radius 2 is 2.04 bits per heavy atom. The number of rotatable bonds is 7. The first-order valence-corrected chi connectivity index (χ1v) is 9.27. The summed E-state index contributed by atoms with van der Waals surface area (Å²) in [7, 11) is 0. The maximum atomic E-state index is 12.5. The molecule has 2 amide bonds. The first kappa shape index (κ1) is 18.9. The fourth-order valence-corrected chi connectivity index (χ4v) is 3.70. The zero-order valence-corrected chi connectivity index (χ0v) is 15.4. The number of hydrogen-bond donors (Lipinski definition) is 2. The van der Waals surface area contributed by atoms with E-state index in [9.17, 15) is 9.59 Å². The Balaban J connectivity index is 2.01. The zero-order chi connectivity index (χ0) is 17.5. The molecule has 24 heavy (non-hydrogen) atoms. The first-order chi connectivity index (χ1) is 11.5. The lowest BCUT2D eigenvalue weighted by Crippen LogP contribution is -2.51. The van der Waals surface area contributed by atoms with Crippen LogP contribution in [-0.2, 0) is 14.3 Å². The SMILES string of the molecule is CC(=O)NC(C(=O)NCC(c1cccs1)N1CCOCC1)C(C)C. The molecular formula is C17H27N3O3S. The van der Waals surface area contributed by atoms with Crippen molar-refractivity contribution >= 4 is 23.2 Å². The number of hydrogen-bond acceptors (Lipinski definition) is 5. The number of thiophene rings is 1. The van der Waals surface area contributed by atoms with E-state index in [4.69, 9.17) is 4.74 Å². The van der Waals surface area contributed by atoms with Crippen molar-refractivity contribution in [1.82, 2.24) is 15.5 Å². The fraction of sp³-hybridized carbons (Fsp3) is 0.647. The summed E-state index contributed by atoms with van der Waals surface area (Å²) in [4.78, 5) is 27.4. The molecule has 2 rings (SSSR count). The molecule has 1 aromatic rings. The molecule has 7 heteroatoms. The second-order valence-electron chi connectivity index (χ2n) is 6.35. The molecule has 1 fully saturated rings. The number of nitrogens with one attached hydrogen (secondary N) is 2. The highest BCUT2D eigenvalue weighted by atomic mass is 32.1. The first-order valence-electron chi connectivity index (χ1n) is 8.39. The highest BCUT2D eigenvalue weighted by Gasteiger charge is 2.27. The van der Waals surface area contributed by atoms with E-state index in [0.717, 1.165) is 26.3 Å². The van der Waals surface area contributed by atoms with Crippen LogP contribution in [0.4, 0.5) is 0 Å². The molecule has 2 unspecified atom stereocenters. The lowest BCUT2D eigenvalue weighted by Gasteiger charge is -2.34. The van der Waals surface area contributed by atoms with Gasteiger partial charge >= 0.3 is 0 Å². The van der Waals surface area contributed by atoms with Crippen molar-refractivity contribution in [2.75, 3.05) is 32.8 Å². The Morgan fingerprint density at radius 1 is 1.33 bits per heavy atom. The van der Waals surface area contributed by atoms with Gasteiger partial charge in [0.1, 0.15) is 6.04 Å². The van der Waals surface area contributed by atoms with Gasteiger partial charge in [-0.2, -0.15) is 0 Å². The third kappa shape index (κ3) is 5.29.